The van der Waals surface area contributed by atoms with Gasteiger partial charge in [-0.25, -0.2) is 0 Å². The number of methoxy groups -OCH3 is 2. The lowest BCUT2D eigenvalue weighted by molar-refractivity contribution is 0.173. The van der Waals surface area contributed by atoms with E-state index in [9.17, 15) is 0 Å². The lowest BCUT2D eigenvalue weighted by Gasteiger charge is -2.35. The molecule has 0 amide bonds. The highest BCUT2D eigenvalue weighted by molar-refractivity contribution is 6.33. The number of likely N-dealkylation sites (N-methyl/N-ethyl adjacent to an activating group) is 1. The summed E-state index contributed by atoms with van der Waals surface area (Å²) in [6.45, 7) is 2.90. The van der Waals surface area contributed by atoms with Crippen molar-refractivity contribution in [2.45, 2.75) is 12.6 Å². The van der Waals surface area contributed by atoms with Gasteiger partial charge in [0.05, 0.1) is 19.2 Å². The summed E-state index contributed by atoms with van der Waals surface area (Å²) in [5, 5.41) is 3.90. The molecule has 0 saturated carbocycles. The van der Waals surface area contributed by atoms with E-state index >= 15 is 0 Å². The maximum atomic E-state index is 6.36. The van der Waals surface area contributed by atoms with Gasteiger partial charge in [-0.1, -0.05) is 17.7 Å². The second-order valence-corrected chi connectivity index (χ2v) is 4.88. The first-order valence-electron chi connectivity index (χ1n) is 5.97. The third kappa shape index (κ3) is 2.55. The Balaban J connectivity index is 2.17. The highest BCUT2D eigenvalue weighted by Crippen LogP contribution is 2.37. The van der Waals surface area contributed by atoms with Gasteiger partial charge < -0.3 is 14.8 Å². The molecule has 0 bridgehead atoms. The fraction of sp³-hybridized carbons (Fsp3) is 0.538. The fourth-order valence-corrected chi connectivity index (χ4v) is 2.33. The van der Waals surface area contributed by atoms with E-state index in [1.54, 1.807) is 14.2 Å². The summed E-state index contributed by atoms with van der Waals surface area (Å²) >= 11 is 6.36. The molecule has 0 aromatic heterocycles. The molecule has 0 radical (unpaired) electrons. The summed E-state index contributed by atoms with van der Waals surface area (Å²) in [5.74, 6) is 1.27. The van der Waals surface area contributed by atoms with Gasteiger partial charge in [-0.15, -0.1) is 0 Å². The first-order valence-corrected chi connectivity index (χ1v) is 6.35. The lowest BCUT2D eigenvalue weighted by Crippen LogP contribution is -2.55. The summed E-state index contributed by atoms with van der Waals surface area (Å²) in [6.07, 6.45) is 0. The summed E-state index contributed by atoms with van der Waals surface area (Å²) < 4.78 is 10.5. The molecule has 2 rings (SSSR count). The minimum Gasteiger partial charge on any atom is -0.493 e. The predicted molar refractivity (Wildman–Crippen MR) is 72.7 cm³/mol. The van der Waals surface area contributed by atoms with Crippen LogP contribution in [-0.2, 0) is 6.54 Å². The third-order valence-corrected chi connectivity index (χ3v) is 3.78. The Kier molecular flexibility index (Phi) is 4.32. The Morgan fingerprint density at radius 1 is 1.33 bits per heavy atom. The van der Waals surface area contributed by atoms with Crippen molar-refractivity contribution in [3.63, 3.8) is 0 Å². The van der Waals surface area contributed by atoms with Gasteiger partial charge in [0.2, 0.25) is 0 Å². The highest BCUT2D eigenvalue weighted by atomic mass is 35.5. The van der Waals surface area contributed by atoms with Crippen LogP contribution in [0.15, 0.2) is 12.1 Å². The molecule has 4 nitrogen and oxygen atoms in total. The van der Waals surface area contributed by atoms with Gasteiger partial charge in [0.1, 0.15) is 0 Å². The van der Waals surface area contributed by atoms with Gasteiger partial charge in [-0.05, 0) is 18.7 Å². The van der Waals surface area contributed by atoms with Crippen LogP contribution in [0.4, 0.5) is 0 Å². The molecule has 1 aromatic carbocycles. The van der Waals surface area contributed by atoms with Crippen LogP contribution < -0.4 is 14.8 Å². The summed E-state index contributed by atoms with van der Waals surface area (Å²) in [6, 6.07) is 4.48. The normalized spacial score (nSPS) is 15.6. The molecule has 1 saturated heterocycles. The van der Waals surface area contributed by atoms with Crippen molar-refractivity contribution < 1.29 is 9.47 Å². The molecule has 0 spiro atoms. The molecule has 1 aliphatic heterocycles. The van der Waals surface area contributed by atoms with E-state index in [0.717, 1.165) is 25.2 Å². The SMILES string of the molecule is COc1ccc(CN(C)C2CNC2)c(Cl)c1OC. The Bertz CT molecular complexity index is 422. The Labute approximate surface area is 113 Å². The number of hydrogen-bond donors (Lipinski definition) is 1. The molecule has 5 heteroatoms. The third-order valence-electron chi connectivity index (χ3n) is 3.37. The van der Waals surface area contributed by atoms with Gasteiger partial charge >= 0.3 is 0 Å². The lowest BCUT2D eigenvalue weighted by atomic mass is 10.1. The molecular formula is C13H19ClN2O2. The van der Waals surface area contributed by atoms with Crippen LogP contribution in [0.5, 0.6) is 11.5 Å². The maximum Gasteiger partial charge on any atom is 0.179 e. The number of ether oxygens (including phenoxy) is 2. The Morgan fingerprint density at radius 3 is 2.56 bits per heavy atom. The molecule has 1 aliphatic rings. The van der Waals surface area contributed by atoms with Crippen molar-refractivity contribution in [1.29, 1.82) is 0 Å². The Morgan fingerprint density at radius 2 is 2.06 bits per heavy atom. The van der Waals surface area contributed by atoms with Gasteiger partial charge in [0.25, 0.3) is 0 Å². The topological polar surface area (TPSA) is 33.7 Å². The van der Waals surface area contributed by atoms with Gasteiger partial charge in [-0.3, -0.25) is 4.90 Å². The fourth-order valence-electron chi connectivity index (χ4n) is 2.04. The zero-order chi connectivity index (χ0) is 13.1. The summed E-state index contributed by atoms with van der Waals surface area (Å²) in [5.41, 5.74) is 1.06. The molecule has 1 aromatic rings. The second kappa shape index (κ2) is 5.78. The summed E-state index contributed by atoms with van der Waals surface area (Å²) in [7, 11) is 5.33. The van der Waals surface area contributed by atoms with Gasteiger partial charge in [0.15, 0.2) is 11.5 Å². The Hall–Kier alpha value is -0.970. The van der Waals surface area contributed by atoms with E-state index in [0.29, 0.717) is 22.6 Å². The van der Waals surface area contributed by atoms with E-state index in [1.807, 2.05) is 12.1 Å². The molecule has 18 heavy (non-hydrogen) atoms. The van der Waals surface area contributed by atoms with E-state index in [2.05, 4.69) is 17.3 Å². The van der Waals surface area contributed by atoms with E-state index < -0.39 is 0 Å². The predicted octanol–water partition coefficient (Wildman–Crippen LogP) is 1.76. The monoisotopic (exact) mass is 270 g/mol. The standard InChI is InChI=1S/C13H19ClN2O2/c1-16(10-6-15-7-10)8-9-4-5-11(17-2)13(18-3)12(9)14/h4-5,10,15H,6-8H2,1-3H3. The zero-order valence-electron chi connectivity index (χ0n) is 11.0. The minimum atomic E-state index is 0.592. The van der Waals surface area contributed by atoms with Crippen LogP contribution in [0, 0.1) is 0 Å². The first-order chi connectivity index (χ1) is 8.67. The quantitative estimate of drug-likeness (QED) is 0.884. The van der Waals surface area contributed by atoms with Crippen molar-refractivity contribution in [2.75, 3.05) is 34.4 Å². The summed E-state index contributed by atoms with van der Waals surface area (Å²) in [4.78, 5) is 2.30. The van der Waals surface area contributed by atoms with Crippen molar-refractivity contribution in [2.24, 2.45) is 0 Å². The van der Waals surface area contributed by atoms with Crippen LogP contribution in [-0.4, -0.2) is 45.3 Å². The van der Waals surface area contributed by atoms with Crippen LogP contribution >= 0.6 is 11.6 Å². The average Bonchev–Trinajstić information content (AvgIpc) is 2.29. The van der Waals surface area contributed by atoms with E-state index in [4.69, 9.17) is 21.1 Å². The number of nitrogens with one attached hydrogen (secondary N) is 1. The first kappa shape index (κ1) is 13.5. The molecule has 1 fully saturated rings. The molecule has 1 N–H and O–H groups in total. The largest absolute Gasteiger partial charge is 0.493 e. The van der Waals surface area contributed by atoms with Gasteiger partial charge in [-0.2, -0.15) is 0 Å². The average molecular weight is 271 g/mol. The van der Waals surface area contributed by atoms with Crippen molar-refractivity contribution in [3.8, 4) is 11.5 Å². The molecular weight excluding hydrogens is 252 g/mol. The van der Waals surface area contributed by atoms with Crippen molar-refractivity contribution >= 4 is 11.6 Å². The second-order valence-electron chi connectivity index (χ2n) is 4.50. The number of hydrogen-bond acceptors (Lipinski definition) is 4. The maximum absolute atomic E-state index is 6.36. The molecule has 0 aliphatic carbocycles. The van der Waals surface area contributed by atoms with Crippen LogP contribution in [0.1, 0.15) is 5.56 Å². The van der Waals surface area contributed by atoms with Crippen molar-refractivity contribution in [3.05, 3.63) is 22.7 Å². The number of nitrogens with zero attached hydrogens (tertiary/aromatic N) is 1. The number of benzene rings is 1. The smallest absolute Gasteiger partial charge is 0.179 e. The van der Waals surface area contributed by atoms with E-state index in [-0.39, 0.29) is 0 Å². The molecule has 0 unspecified atom stereocenters. The molecule has 1 heterocycles. The minimum absolute atomic E-state index is 0.592. The molecule has 100 valence electrons. The van der Waals surface area contributed by atoms with Gasteiger partial charge in [0, 0.05) is 25.7 Å². The number of halogens is 1. The van der Waals surface area contributed by atoms with Crippen LogP contribution in [0.3, 0.4) is 0 Å². The number of rotatable bonds is 5. The molecule has 0 atom stereocenters. The van der Waals surface area contributed by atoms with Crippen molar-refractivity contribution in [1.82, 2.24) is 10.2 Å². The van der Waals surface area contributed by atoms with Crippen LogP contribution in [0.25, 0.3) is 0 Å². The zero-order valence-corrected chi connectivity index (χ0v) is 11.8. The highest BCUT2D eigenvalue weighted by Gasteiger charge is 2.23. The van der Waals surface area contributed by atoms with Crippen LogP contribution in [0.2, 0.25) is 5.02 Å². The van der Waals surface area contributed by atoms with E-state index in [1.165, 1.54) is 0 Å².